The van der Waals surface area contributed by atoms with Crippen LogP contribution in [-0.4, -0.2) is 30.4 Å². The van der Waals surface area contributed by atoms with E-state index in [0.717, 1.165) is 42.9 Å². The van der Waals surface area contributed by atoms with E-state index >= 15 is 0 Å². The molecule has 0 spiro atoms. The first-order chi connectivity index (χ1) is 9.82. The molecule has 0 radical (unpaired) electrons. The number of aryl methyl sites for hydroxylation is 1. The standard InChI is InChI=1S/C18H28N2O/c1-6-19-16-8-7-13(2)11-15(16)17(21)20-10-9-14(12-20)18(3,4)5/h7-8,11,14,19H,6,9-10,12H2,1-5H3. The maximum absolute atomic E-state index is 12.9. The number of carbonyl (C=O) groups is 1. The molecule has 3 heteroatoms. The largest absolute Gasteiger partial charge is 0.385 e. The Morgan fingerprint density at radius 1 is 1.38 bits per heavy atom. The molecule has 1 aromatic carbocycles. The van der Waals surface area contributed by atoms with E-state index < -0.39 is 0 Å². The number of anilines is 1. The molecule has 1 aromatic rings. The molecule has 1 heterocycles. The Labute approximate surface area is 128 Å². The van der Waals surface area contributed by atoms with Gasteiger partial charge in [-0.05, 0) is 43.7 Å². The van der Waals surface area contributed by atoms with Crippen LogP contribution < -0.4 is 5.32 Å². The van der Waals surface area contributed by atoms with Gasteiger partial charge < -0.3 is 10.2 Å². The molecule has 116 valence electrons. The lowest BCUT2D eigenvalue weighted by Crippen LogP contribution is -2.31. The van der Waals surface area contributed by atoms with E-state index in [-0.39, 0.29) is 11.3 Å². The minimum absolute atomic E-state index is 0.168. The van der Waals surface area contributed by atoms with E-state index in [1.165, 1.54) is 0 Å². The zero-order chi connectivity index (χ0) is 15.6. The van der Waals surface area contributed by atoms with Crippen LogP contribution in [0.3, 0.4) is 0 Å². The summed E-state index contributed by atoms with van der Waals surface area (Å²) in [5.41, 5.74) is 3.16. The zero-order valence-corrected chi connectivity index (χ0v) is 14.0. The van der Waals surface area contributed by atoms with Crippen molar-refractivity contribution in [3.05, 3.63) is 29.3 Å². The second-order valence-electron chi connectivity index (χ2n) is 7.18. The fourth-order valence-corrected chi connectivity index (χ4v) is 3.00. The van der Waals surface area contributed by atoms with Crippen LogP contribution in [0.2, 0.25) is 0 Å². The van der Waals surface area contributed by atoms with Crippen molar-refractivity contribution in [1.82, 2.24) is 4.90 Å². The fraction of sp³-hybridized carbons (Fsp3) is 0.611. The summed E-state index contributed by atoms with van der Waals surface area (Å²) < 4.78 is 0. The van der Waals surface area contributed by atoms with Gasteiger partial charge in [-0.15, -0.1) is 0 Å². The molecule has 21 heavy (non-hydrogen) atoms. The third-order valence-electron chi connectivity index (χ3n) is 4.47. The molecule has 1 atom stereocenters. The predicted octanol–water partition coefficient (Wildman–Crippen LogP) is 3.94. The number of nitrogens with zero attached hydrogens (tertiary/aromatic N) is 1. The van der Waals surface area contributed by atoms with Gasteiger partial charge in [0.25, 0.3) is 5.91 Å². The van der Waals surface area contributed by atoms with Crippen LogP contribution in [0, 0.1) is 18.3 Å². The van der Waals surface area contributed by atoms with Crippen molar-refractivity contribution < 1.29 is 4.79 Å². The highest BCUT2D eigenvalue weighted by molar-refractivity contribution is 6.00. The number of benzene rings is 1. The van der Waals surface area contributed by atoms with Crippen LogP contribution in [0.15, 0.2) is 18.2 Å². The Morgan fingerprint density at radius 3 is 2.67 bits per heavy atom. The lowest BCUT2D eigenvalue weighted by molar-refractivity contribution is 0.0777. The smallest absolute Gasteiger partial charge is 0.255 e. The van der Waals surface area contributed by atoms with Crippen molar-refractivity contribution in [2.45, 2.75) is 41.0 Å². The van der Waals surface area contributed by atoms with Gasteiger partial charge >= 0.3 is 0 Å². The average Bonchev–Trinajstić information content (AvgIpc) is 2.90. The van der Waals surface area contributed by atoms with Gasteiger partial charge in [-0.2, -0.15) is 0 Å². The second kappa shape index (κ2) is 6.08. The molecule has 0 aliphatic carbocycles. The van der Waals surface area contributed by atoms with Crippen LogP contribution in [0.5, 0.6) is 0 Å². The van der Waals surface area contributed by atoms with Crippen molar-refractivity contribution in [1.29, 1.82) is 0 Å². The van der Waals surface area contributed by atoms with Crippen LogP contribution >= 0.6 is 0 Å². The summed E-state index contributed by atoms with van der Waals surface area (Å²) in [6.45, 7) is 13.5. The maximum Gasteiger partial charge on any atom is 0.255 e. The highest BCUT2D eigenvalue weighted by Gasteiger charge is 2.34. The number of nitrogens with one attached hydrogen (secondary N) is 1. The molecule has 1 amide bonds. The molecule has 1 saturated heterocycles. The van der Waals surface area contributed by atoms with Crippen molar-refractivity contribution in [2.24, 2.45) is 11.3 Å². The van der Waals surface area contributed by atoms with Crippen molar-refractivity contribution >= 4 is 11.6 Å². The Hall–Kier alpha value is -1.51. The minimum atomic E-state index is 0.168. The first kappa shape index (κ1) is 15.9. The molecule has 2 rings (SSSR count). The number of likely N-dealkylation sites (tertiary alicyclic amines) is 1. The number of carbonyl (C=O) groups excluding carboxylic acids is 1. The van der Waals surface area contributed by atoms with Gasteiger partial charge in [0.05, 0.1) is 5.56 Å². The van der Waals surface area contributed by atoms with E-state index in [1.807, 2.05) is 24.0 Å². The average molecular weight is 288 g/mol. The summed E-state index contributed by atoms with van der Waals surface area (Å²) in [6.07, 6.45) is 1.11. The van der Waals surface area contributed by atoms with E-state index in [2.05, 4.69) is 39.1 Å². The molecular weight excluding hydrogens is 260 g/mol. The molecular formula is C18H28N2O. The first-order valence-electron chi connectivity index (χ1n) is 7.96. The maximum atomic E-state index is 12.9. The molecule has 1 aliphatic rings. The van der Waals surface area contributed by atoms with E-state index in [4.69, 9.17) is 0 Å². The third kappa shape index (κ3) is 3.58. The Balaban J connectivity index is 2.19. The zero-order valence-electron chi connectivity index (χ0n) is 14.0. The Bertz CT molecular complexity index is 516. The number of hydrogen-bond acceptors (Lipinski definition) is 2. The van der Waals surface area contributed by atoms with Gasteiger partial charge in [0, 0.05) is 25.3 Å². The summed E-state index contributed by atoms with van der Waals surface area (Å²) in [4.78, 5) is 14.9. The molecule has 0 saturated carbocycles. The van der Waals surface area contributed by atoms with Gasteiger partial charge in [-0.1, -0.05) is 32.4 Å². The summed E-state index contributed by atoms with van der Waals surface area (Å²) in [6, 6.07) is 6.07. The number of hydrogen-bond donors (Lipinski definition) is 1. The van der Waals surface area contributed by atoms with Crippen molar-refractivity contribution in [3.8, 4) is 0 Å². The Morgan fingerprint density at radius 2 is 2.10 bits per heavy atom. The summed E-state index contributed by atoms with van der Waals surface area (Å²) in [5, 5.41) is 3.30. The molecule has 1 N–H and O–H groups in total. The van der Waals surface area contributed by atoms with Crippen LogP contribution in [0.1, 0.15) is 50.0 Å². The summed E-state index contributed by atoms with van der Waals surface area (Å²) in [7, 11) is 0. The quantitative estimate of drug-likeness (QED) is 0.914. The summed E-state index contributed by atoms with van der Waals surface area (Å²) >= 11 is 0. The molecule has 0 aromatic heterocycles. The first-order valence-corrected chi connectivity index (χ1v) is 7.96. The SMILES string of the molecule is CCNc1ccc(C)cc1C(=O)N1CCC(C(C)(C)C)C1. The van der Waals surface area contributed by atoms with Gasteiger partial charge in [-0.3, -0.25) is 4.79 Å². The van der Waals surface area contributed by atoms with E-state index in [0.29, 0.717) is 5.92 Å². The molecule has 1 fully saturated rings. The van der Waals surface area contributed by atoms with Crippen LogP contribution in [-0.2, 0) is 0 Å². The van der Waals surface area contributed by atoms with E-state index in [1.54, 1.807) is 0 Å². The van der Waals surface area contributed by atoms with Crippen molar-refractivity contribution in [2.75, 3.05) is 25.0 Å². The highest BCUT2D eigenvalue weighted by Crippen LogP contribution is 2.34. The normalized spacial score (nSPS) is 18.9. The van der Waals surface area contributed by atoms with Crippen LogP contribution in [0.4, 0.5) is 5.69 Å². The lowest BCUT2D eigenvalue weighted by atomic mass is 9.80. The van der Waals surface area contributed by atoms with E-state index in [9.17, 15) is 4.79 Å². The topological polar surface area (TPSA) is 32.3 Å². The van der Waals surface area contributed by atoms with Gasteiger partial charge in [-0.25, -0.2) is 0 Å². The lowest BCUT2D eigenvalue weighted by Gasteiger charge is -2.27. The number of rotatable bonds is 3. The molecule has 1 unspecified atom stereocenters. The summed E-state index contributed by atoms with van der Waals surface area (Å²) in [5.74, 6) is 0.759. The fourth-order valence-electron chi connectivity index (χ4n) is 3.00. The third-order valence-corrected chi connectivity index (χ3v) is 4.47. The minimum Gasteiger partial charge on any atom is -0.385 e. The number of amides is 1. The highest BCUT2D eigenvalue weighted by atomic mass is 16.2. The predicted molar refractivity (Wildman–Crippen MR) is 88.8 cm³/mol. The molecule has 0 bridgehead atoms. The van der Waals surface area contributed by atoms with Gasteiger partial charge in [0.1, 0.15) is 0 Å². The second-order valence-corrected chi connectivity index (χ2v) is 7.18. The monoisotopic (exact) mass is 288 g/mol. The van der Waals surface area contributed by atoms with Gasteiger partial charge in [0.2, 0.25) is 0 Å². The molecule has 3 nitrogen and oxygen atoms in total. The Kier molecular flexibility index (Phi) is 4.60. The van der Waals surface area contributed by atoms with Crippen molar-refractivity contribution in [3.63, 3.8) is 0 Å². The van der Waals surface area contributed by atoms with Crippen LogP contribution in [0.25, 0.3) is 0 Å². The van der Waals surface area contributed by atoms with Gasteiger partial charge in [0.15, 0.2) is 0 Å². The molecule has 1 aliphatic heterocycles.